The first kappa shape index (κ1) is 16.7. The lowest BCUT2D eigenvalue weighted by atomic mass is 10.0. The zero-order chi connectivity index (χ0) is 16.8. The van der Waals surface area contributed by atoms with Gasteiger partial charge < -0.3 is 15.1 Å². The van der Waals surface area contributed by atoms with Crippen molar-refractivity contribution >= 4 is 11.8 Å². The average Bonchev–Trinajstić information content (AvgIpc) is 3.05. The van der Waals surface area contributed by atoms with Crippen molar-refractivity contribution in [3.63, 3.8) is 0 Å². The molecule has 0 bridgehead atoms. The van der Waals surface area contributed by atoms with Crippen LogP contribution in [0.4, 0.5) is 4.39 Å². The first-order valence-electron chi connectivity index (χ1n) is 7.34. The van der Waals surface area contributed by atoms with E-state index in [4.69, 9.17) is 4.42 Å². The highest BCUT2D eigenvalue weighted by Crippen LogP contribution is 2.08. The molecule has 2 rings (SSSR count). The summed E-state index contributed by atoms with van der Waals surface area (Å²) in [7, 11) is 0. The molecule has 0 aliphatic rings. The number of carbonyl (C=O) groups is 2. The monoisotopic (exact) mass is 318 g/mol. The molecular formula is C17H19FN2O3. The topological polar surface area (TPSA) is 71.3 Å². The minimum Gasteiger partial charge on any atom is -0.459 e. The third kappa shape index (κ3) is 4.42. The molecule has 1 atom stereocenters. The maximum absolute atomic E-state index is 13.6. The quantitative estimate of drug-likeness (QED) is 0.859. The summed E-state index contributed by atoms with van der Waals surface area (Å²) in [5.41, 5.74) is 0.390. The van der Waals surface area contributed by atoms with Gasteiger partial charge in [0.05, 0.1) is 6.26 Å². The number of amides is 2. The Morgan fingerprint density at radius 2 is 1.91 bits per heavy atom. The number of carbonyl (C=O) groups excluding carboxylic acids is 2. The lowest BCUT2D eigenvalue weighted by molar-refractivity contribution is -0.124. The fraction of sp³-hybridized carbons (Fsp3) is 0.294. The van der Waals surface area contributed by atoms with Gasteiger partial charge in [-0.25, -0.2) is 4.39 Å². The van der Waals surface area contributed by atoms with E-state index in [-0.39, 0.29) is 29.9 Å². The van der Waals surface area contributed by atoms with Crippen LogP contribution in [0.25, 0.3) is 0 Å². The number of hydrogen-bond donors (Lipinski definition) is 2. The van der Waals surface area contributed by atoms with Crippen molar-refractivity contribution in [1.82, 2.24) is 10.6 Å². The van der Waals surface area contributed by atoms with Gasteiger partial charge in [0.1, 0.15) is 11.9 Å². The number of furan rings is 1. The van der Waals surface area contributed by atoms with Gasteiger partial charge in [0.2, 0.25) is 5.91 Å². The number of benzene rings is 1. The van der Waals surface area contributed by atoms with Crippen molar-refractivity contribution in [3.8, 4) is 0 Å². The third-order valence-electron chi connectivity index (χ3n) is 3.39. The second kappa shape index (κ2) is 7.58. The molecule has 2 amide bonds. The van der Waals surface area contributed by atoms with Crippen LogP contribution in [0.3, 0.4) is 0 Å². The number of rotatable bonds is 6. The largest absolute Gasteiger partial charge is 0.459 e. The highest BCUT2D eigenvalue weighted by molar-refractivity contribution is 5.95. The summed E-state index contributed by atoms with van der Waals surface area (Å²) in [6.45, 7) is 3.69. The van der Waals surface area contributed by atoms with Gasteiger partial charge in [0.25, 0.3) is 5.91 Å². The molecule has 0 aliphatic carbocycles. The van der Waals surface area contributed by atoms with Crippen LogP contribution in [0.15, 0.2) is 47.1 Å². The Labute approximate surface area is 133 Å². The minimum absolute atomic E-state index is 0.0609. The Morgan fingerprint density at radius 3 is 2.52 bits per heavy atom. The van der Waals surface area contributed by atoms with Crippen LogP contribution in [-0.4, -0.2) is 17.9 Å². The maximum atomic E-state index is 13.6. The van der Waals surface area contributed by atoms with E-state index in [0.29, 0.717) is 5.56 Å². The average molecular weight is 318 g/mol. The normalized spacial score (nSPS) is 12.0. The molecule has 1 heterocycles. The van der Waals surface area contributed by atoms with E-state index >= 15 is 0 Å². The molecule has 23 heavy (non-hydrogen) atoms. The highest BCUT2D eigenvalue weighted by Gasteiger charge is 2.25. The zero-order valence-corrected chi connectivity index (χ0v) is 13.0. The molecule has 1 aromatic carbocycles. The molecule has 0 radical (unpaired) electrons. The van der Waals surface area contributed by atoms with Crippen molar-refractivity contribution < 1.29 is 18.4 Å². The minimum atomic E-state index is -0.737. The summed E-state index contributed by atoms with van der Waals surface area (Å²) >= 11 is 0. The molecule has 0 spiro atoms. The van der Waals surface area contributed by atoms with Crippen molar-refractivity contribution in [2.45, 2.75) is 26.4 Å². The summed E-state index contributed by atoms with van der Waals surface area (Å²) in [6.07, 6.45) is 1.39. The Morgan fingerprint density at radius 1 is 1.17 bits per heavy atom. The van der Waals surface area contributed by atoms with Crippen molar-refractivity contribution in [1.29, 1.82) is 0 Å². The van der Waals surface area contributed by atoms with E-state index in [1.54, 1.807) is 24.3 Å². The van der Waals surface area contributed by atoms with Gasteiger partial charge in [-0.3, -0.25) is 9.59 Å². The fourth-order valence-corrected chi connectivity index (χ4v) is 2.09. The van der Waals surface area contributed by atoms with Crippen molar-refractivity contribution in [3.05, 3.63) is 59.8 Å². The molecular weight excluding hydrogens is 299 g/mol. The molecule has 0 saturated carbocycles. The van der Waals surface area contributed by atoms with E-state index < -0.39 is 11.9 Å². The summed E-state index contributed by atoms with van der Waals surface area (Å²) in [5, 5.41) is 5.28. The molecule has 1 aromatic heterocycles. The second-order valence-corrected chi connectivity index (χ2v) is 5.48. The lowest BCUT2D eigenvalue weighted by Gasteiger charge is -2.21. The Bertz CT molecular complexity index is 668. The van der Waals surface area contributed by atoms with Crippen molar-refractivity contribution in [2.24, 2.45) is 5.92 Å². The van der Waals surface area contributed by atoms with E-state index in [9.17, 15) is 14.0 Å². The number of nitrogens with one attached hydrogen (secondary N) is 2. The summed E-state index contributed by atoms with van der Waals surface area (Å²) in [5.74, 6) is -1.21. The van der Waals surface area contributed by atoms with Gasteiger partial charge in [-0.2, -0.15) is 0 Å². The Kier molecular flexibility index (Phi) is 5.51. The summed E-state index contributed by atoms with van der Waals surface area (Å²) < 4.78 is 18.6. The van der Waals surface area contributed by atoms with Gasteiger partial charge >= 0.3 is 0 Å². The van der Waals surface area contributed by atoms with Gasteiger partial charge in [0.15, 0.2) is 5.76 Å². The standard InChI is InChI=1S/C17H19FN2O3/c1-11(2)15(20-16(21)14-8-5-9-23-14)17(22)19-10-12-6-3-4-7-13(12)18/h3-9,11,15H,10H2,1-2H3,(H,19,22)(H,20,21)/t15-/m0/s1. The van der Waals surface area contributed by atoms with Crippen LogP contribution in [0, 0.1) is 11.7 Å². The van der Waals surface area contributed by atoms with Crippen LogP contribution in [-0.2, 0) is 11.3 Å². The van der Waals surface area contributed by atoms with Gasteiger partial charge in [-0.1, -0.05) is 32.0 Å². The van der Waals surface area contributed by atoms with Gasteiger partial charge in [-0.05, 0) is 24.1 Å². The van der Waals surface area contributed by atoms with E-state index in [1.165, 1.54) is 18.4 Å². The Balaban J connectivity index is 1.98. The van der Waals surface area contributed by atoms with E-state index in [0.717, 1.165) is 0 Å². The first-order chi connectivity index (χ1) is 11.0. The molecule has 0 unspecified atom stereocenters. The van der Waals surface area contributed by atoms with Crippen molar-refractivity contribution in [2.75, 3.05) is 0 Å². The highest BCUT2D eigenvalue weighted by atomic mass is 19.1. The van der Waals surface area contributed by atoms with E-state index in [1.807, 2.05) is 13.8 Å². The molecule has 2 N–H and O–H groups in total. The lowest BCUT2D eigenvalue weighted by Crippen LogP contribution is -2.49. The number of hydrogen-bond acceptors (Lipinski definition) is 3. The predicted molar refractivity (Wildman–Crippen MR) is 83.0 cm³/mol. The van der Waals surface area contributed by atoms with Crippen LogP contribution in [0.5, 0.6) is 0 Å². The number of halogens is 1. The molecule has 122 valence electrons. The second-order valence-electron chi connectivity index (χ2n) is 5.48. The van der Waals surface area contributed by atoms with Crippen LogP contribution >= 0.6 is 0 Å². The molecule has 0 aliphatic heterocycles. The zero-order valence-electron chi connectivity index (χ0n) is 13.0. The van der Waals surface area contributed by atoms with Crippen LogP contribution < -0.4 is 10.6 Å². The van der Waals surface area contributed by atoms with Gasteiger partial charge in [-0.15, -0.1) is 0 Å². The Hall–Kier alpha value is -2.63. The molecule has 5 nitrogen and oxygen atoms in total. The molecule has 0 fully saturated rings. The molecule has 0 saturated heterocycles. The summed E-state index contributed by atoms with van der Waals surface area (Å²) in [4.78, 5) is 24.3. The summed E-state index contributed by atoms with van der Waals surface area (Å²) in [6, 6.07) is 8.59. The smallest absolute Gasteiger partial charge is 0.287 e. The molecule has 6 heteroatoms. The third-order valence-corrected chi connectivity index (χ3v) is 3.39. The van der Waals surface area contributed by atoms with Gasteiger partial charge in [0, 0.05) is 12.1 Å². The van der Waals surface area contributed by atoms with E-state index in [2.05, 4.69) is 10.6 Å². The maximum Gasteiger partial charge on any atom is 0.287 e. The predicted octanol–water partition coefficient (Wildman–Crippen LogP) is 2.49. The first-order valence-corrected chi connectivity index (χ1v) is 7.34. The van der Waals surface area contributed by atoms with Crippen LogP contribution in [0.1, 0.15) is 30.0 Å². The van der Waals surface area contributed by atoms with Crippen LogP contribution in [0.2, 0.25) is 0 Å². The fourth-order valence-electron chi connectivity index (χ4n) is 2.09. The SMILES string of the molecule is CC(C)[C@H](NC(=O)c1ccco1)C(=O)NCc1ccccc1F. The molecule has 2 aromatic rings.